The molecule has 0 bridgehead atoms. The van der Waals surface area contributed by atoms with Crippen molar-refractivity contribution >= 4 is 28.4 Å². The van der Waals surface area contributed by atoms with E-state index in [1.165, 1.54) is 0 Å². The smallest absolute Gasteiger partial charge is 0.264 e. The fraction of sp³-hybridized carbons (Fsp3) is 0.333. The third kappa shape index (κ3) is 5.16. The molecule has 3 aromatic carbocycles. The molecule has 40 heavy (non-hydrogen) atoms. The van der Waals surface area contributed by atoms with E-state index in [9.17, 15) is 9.59 Å². The number of aromatic nitrogens is 1. The van der Waals surface area contributed by atoms with Gasteiger partial charge in [-0.25, -0.2) is 0 Å². The number of ether oxygens (including phenoxy) is 2. The van der Waals surface area contributed by atoms with Crippen molar-refractivity contribution in [3.8, 4) is 11.5 Å². The number of amides is 2. The van der Waals surface area contributed by atoms with E-state index in [0.717, 1.165) is 33.3 Å². The first-order chi connectivity index (χ1) is 19.3. The van der Waals surface area contributed by atoms with E-state index in [-0.39, 0.29) is 17.7 Å². The zero-order valence-corrected chi connectivity index (χ0v) is 23.8. The van der Waals surface area contributed by atoms with Gasteiger partial charge in [-0.3, -0.25) is 9.59 Å². The van der Waals surface area contributed by atoms with E-state index in [1.807, 2.05) is 95.4 Å². The molecule has 1 aromatic heterocycles. The van der Waals surface area contributed by atoms with Gasteiger partial charge in [0.1, 0.15) is 6.04 Å². The molecule has 2 atom stereocenters. The molecule has 2 heterocycles. The van der Waals surface area contributed by atoms with E-state index in [2.05, 4.69) is 16.4 Å². The minimum atomic E-state index is -0.907. The number of carbonyl (C=O) groups is 2. The van der Waals surface area contributed by atoms with Gasteiger partial charge in [0.05, 0.1) is 6.61 Å². The maximum absolute atomic E-state index is 14.3. The fourth-order valence-corrected chi connectivity index (χ4v) is 5.51. The third-order valence-corrected chi connectivity index (χ3v) is 7.57. The van der Waals surface area contributed by atoms with Gasteiger partial charge in [-0.2, -0.15) is 0 Å². The Bertz CT molecular complexity index is 1520. The van der Waals surface area contributed by atoms with Gasteiger partial charge >= 0.3 is 0 Å². The predicted molar refractivity (Wildman–Crippen MR) is 158 cm³/mol. The van der Waals surface area contributed by atoms with Crippen molar-refractivity contribution in [2.75, 3.05) is 18.5 Å². The molecular formula is C33H37N3O4. The van der Waals surface area contributed by atoms with Crippen molar-refractivity contribution < 1.29 is 19.1 Å². The van der Waals surface area contributed by atoms with Crippen LogP contribution in [0.15, 0.2) is 66.9 Å². The van der Waals surface area contributed by atoms with Crippen molar-refractivity contribution in [3.63, 3.8) is 0 Å². The lowest BCUT2D eigenvalue weighted by molar-refractivity contribution is -0.145. The number of para-hydroxylation sites is 3. The number of hydrogen-bond acceptors (Lipinski definition) is 4. The molecule has 5 rings (SSSR count). The summed E-state index contributed by atoms with van der Waals surface area (Å²) < 4.78 is 12.3. The van der Waals surface area contributed by atoms with Crippen LogP contribution >= 0.6 is 0 Å². The molecule has 4 aromatic rings. The Morgan fingerprint density at radius 2 is 1.77 bits per heavy atom. The lowest BCUT2D eigenvalue weighted by Gasteiger charge is -2.31. The highest BCUT2D eigenvalue weighted by molar-refractivity contribution is 6.00. The average Bonchev–Trinajstić information content (AvgIpc) is 3.29. The van der Waals surface area contributed by atoms with Crippen LogP contribution in [0.2, 0.25) is 0 Å². The van der Waals surface area contributed by atoms with Crippen molar-refractivity contribution in [3.05, 3.63) is 89.1 Å². The Hall–Kier alpha value is -4.26. The largest absolute Gasteiger partial charge is 0.490 e. The van der Waals surface area contributed by atoms with Gasteiger partial charge in [0, 0.05) is 34.9 Å². The van der Waals surface area contributed by atoms with Crippen molar-refractivity contribution in [2.24, 2.45) is 5.92 Å². The maximum Gasteiger partial charge on any atom is 0.264 e. The topological polar surface area (TPSA) is 83.7 Å². The van der Waals surface area contributed by atoms with Crippen LogP contribution in [0.5, 0.6) is 11.5 Å². The zero-order chi connectivity index (χ0) is 28.4. The van der Waals surface area contributed by atoms with Gasteiger partial charge < -0.3 is 24.7 Å². The quantitative estimate of drug-likeness (QED) is 0.273. The van der Waals surface area contributed by atoms with E-state index in [1.54, 1.807) is 4.90 Å². The zero-order valence-electron chi connectivity index (χ0n) is 23.8. The summed E-state index contributed by atoms with van der Waals surface area (Å²) in [4.78, 5) is 33.5. The van der Waals surface area contributed by atoms with Crippen LogP contribution in [-0.4, -0.2) is 41.0 Å². The molecule has 0 fully saturated rings. The van der Waals surface area contributed by atoms with Gasteiger partial charge in [-0.15, -0.1) is 0 Å². The molecule has 2 unspecified atom stereocenters. The van der Waals surface area contributed by atoms with Crippen molar-refractivity contribution in [2.45, 2.75) is 53.2 Å². The fourth-order valence-electron chi connectivity index (χ4n) is 5.51. The second-order valence-corrected chi connectivity index (χ2v) is 10.7. The average molecular weight is 540 g/mol. The minimum Gasteiger partial charge on any atom is -0.490 e. The van der Waals surface area contributed by atoms with Crippen LogP contribution in [0.4, 0.5) is 5.69 Å². The highest BCUT2D eigenvalue weighted by atomic mass is 16.5. The summed E-state index contributed by atoms with van der Waals surface area (Å²) in [5, 5.41) is 4.26. The van der Waals surface area contributed by atoms with E-state index in [4.69, 9.17) is 9.47 Å². The monoisotopic (exact) mass is 539 g/mol. The molecule has 2 amide bonds. The Labute approximate surface area is 235 Å². The Kier molecular flexibility index (Phi) is 7.83. The first-order valence-corrected chi connectivity index (χ1v) is 13.9. The summed E-state index contributed by atoms with van der Waals surface area (Å²) in [6.45, 7) is 10.5. The summed E-state index contributed by atoms with van der Waals surface area (Å²) in [5.41, 5.74) is 5.41. The number of H-pyrrole nitrogens is 1. The number of nitrogens with one attached hydrogen (secondary N) is 2. The minimum absolute atomic E-state index is 0.119. The molecule has 0 spiro atoms. The van der Waals surface area contributed by atoms with Crippen molar-refractivity contribution in [1.82, 2.24) is 9.88 Å². The molecule has 7 heteroatoms. The van der Waals surface area contributed by atoms with Gasteiger partial charge in [0.15, 0.2) is 17.6 Å². The molecule has 208 valence electrons. The molecule has 1 aliphatic rings. The second kappa shape index (κ2) is 11.5. The predicted octanol–water partition coefficient (Wildman–Crippen LogP) is 6.35. The van der Waals surface area contributed by atoms with Crippen LogP contribution < -0.4 is 14.8 Å². The summed E-state index contributed by atoms with van der Waals surface area (Å²) in [5.74, 6) is 0.364. The Balaban J connectivity index is 1.61. The first-order valence-electron chi connectivity index (χ1n) is 13.9. The van der Waals surface area contributed by atoms with Crippen LogP contribution in [0.25, 0.3) is 10.9 Å². The SMILES string of the molecule is CCOc1cccc2c1OC(C(C)C)C(=O)N(CCc1c[nH]c3ccccc13)C2C(=O)Nc1c(C)cccc1C. The summed E-state index contributed by atoms with van der Waals surface area (Å²) >= 11 is 0. The Morgan fingerprint density at radius 1 is 1.05 bits per heavy atom. The van der Waals surface area contributed by atoms with Crippen LogP contribution in [0, 0.1) is 19.8 Å². The molecule has 1 aliphatic heterocycles. The molecule has 0 aliphatic carbocycles. The number of anilines is 1. The summed E-state index contributed by atoms with van der Waals surface area (Å²) in [7, 11) is 0. The van der Waals surface area contributed by atoms with Crippen LogP contribution in [-0.2, 0) is 16.0 Å². The molecule has 0 saturated heterocycles. The number of nitrogens with zero attached hydrogens (tertiary/aromatic N) is 1. The van der Waals surface area contributed by atoms with Gasteiger partial charge in [-0.1, -0.05) is 62.4 Å². The van der Waals surface area contributed by atoms with Crippen LogP contribution in [0.1, 0.15) is 49.1 Å². The molecule has 0 saturated carbocycles. The van der Waals surface area contributed by atoms with Gasteiger partial charge in [-0.05, 0) is 61.9 Å². The highest BCUT2D eigenvalue weighted by Gasteiger charge is 2.43. The standard InChI is InChI=1S/C33H37N3O4/c1-6-39-27-16-10-14-25-29(32(37)35-28-21(4)11-9-12-22(28)5)36(33(38)30(20(2)3)40-31(25)27)18-17-23-19-34-26-15-8-7-13-24(23)26/h7-16,19-20,29-30,34H,6,17-18H2,1-5H3,(H,35,37). The number of rotatable bonds is 8. The number of benzene rings is 3. The number of hydrogen-bond donors (Lipinski definition) is 2. The molecular weight excluding hydrogens is 502 g/mol. The first kappa shape index (κ1) is 27.3. The molecule has 2 N–H and O–H groups in total. The van der Waals surface area contributed by atoms with Gasteiger partial charge in [0.2, 0.25) is 0 Å². The lowest BCUT2D eigenvalue weighted by atomic mass is 10.00. The van der Waals surface area contributed by atoms with E-state index in [0.29, 0.717) is 36.6 Å². The molecule has 7 nitrogen and oxygen atoms in total. The van der Waals surface area contributed by atoms with Crippen LogP contribution in [0.3, 0.4) is 0 Å². The Morgan fingerprint density at radius 3 is 2.50 bits per heavy atom. The van der Waals surface area contributed by atoms with Gasteiger partial charge in [0.25, 0.3) is 11.8 Å². The lowest BCUT2D eigenvalue weighted by Crippen LogP contribution is -2.47. The summed E-state index contributed by atoms with van der Waals surface area (Å²) in [6, 6.07) is 18.6. The highest BCUT2D eigenvalue weighted by Crippen LogP contribution is 2.42. The maximum atomic E-state index is 14.3. The summed E-state index contributed by atoms with van der Waals surface area (Å²) in [6.07, 6.45) is 1.80. The molecule has 0 radical (unpaired) electrons. The van der Waals surface area contributed by atoms with E-state index < -0.39 is 12.1 Å². The number of aromatic amines is 1. The third-order valence-electron chi connectivity index (χ3n) is 7.57. The van der Waals surface area contributed by atoms with Crippen molar-refractivity contribution in [1.29, 1.82) is 0 Å². The number of carbonyl (C=O) groups excluding carboxylic acids is 2. The second-order valence-electron chi connectivity index (χ2n) is 10.7. The number of fused-ring (bicyclic) bond motifs is 2. The number of aryl methyl sites for hydroxylation is 2. The van der Waals surface area contributed by atoms with E-state index >= 15 is 0 Å². The normalized spacial score (nSPS) is 16.9.